The molecule has 1 atom stereocenters. The van der Waals surface area contributed by atoms with Crippen LogP contribution in [0.3, 0.4) is 0 Å². The van der Waals surface area contributed by atoms with Crippen molar-refractivity contribution in [1.82, 2.24) is 5.32 Å². The second kappa shape index (κ2) is 3.58. The van der Waals surface area contributed by atoms with Crippen molar-refractivity contribution in [2.75, 3.05) is 13.1 Å². The monoisotopic (exact) mass is 195 g/mol. The van der Waals surface area contributed by atoms with Gasteiger partial charge >= 0.3 is 0 Å². The Bertz CT molecular complexity index is 321. The van der Waals surface area contributed by atoms with Crippen LogP contribution in [0, 0.1) is 5.82 Å². The highest BCUT2D eigenvalue weighted by atomic mass is 19.1. The average molecular weight is 195 g/mol. The van der Waals surface area contributed by atoms with Gasteiger partial charge in [-0.3, -0.25) is 0 Å². The summed E-state index contributed by atoms with van der Waals surface area (Å²) in [5, 5.41) is 3.21. The zero-order valence-electron chi connectivity index (χ0n) is 8.22. The minimum atomic E-state index is -0.291. The van der Waals surface area contributed by atoms with Gasteiger partial charge in [-0.2, -0.15) is 0 Å². The Labute approximate surface area is 83.1 Å². The molecule has 0 radical (unpaired) electrons. The number of benzene rings is 1. The number of rotatable bonds is 2. The molecule has 0 amide bonds. The Balaban J connectivity index is 2.14. The van der Waals surface area contributed by atoms with Crippen LogP contribution in [-0.4, -0.2) is 18.7 Å². The van der Waals surface area contributed by atoms with Crippen molar-refractivity contribution in [1.29, 1.82) is 0 Å². The maximum atomic E-state index is 13.3. The molecule has 1 fully saturated rings. The van der Waals surface area contributed by atoms with Crippen molar-refractivity contribution in [3.05, 3.63) is 30.1 Å². The largest absolute Gasteiger partial charge is 0.483 e. The van der Waals surface area contributed by atoms with E-state index in [0.717, 1.165) is 19.5 Å². The Morgan fingerprint density at radius 2 is 2.21 bits per heavy atom. The maximum Gasteiger partial charge on any atom is 0.165 e. The second-order valence-electron chi connectivity index (χ2n) is 3.91. The average Bonchev–Trinajstić information content (AvgIpc) is 2.57. The van der Waals surface area contributed by atoms with Gasteiger partial charge < -0.3 is 10.1 Å². The molecule has 76 valence electrons. The van der Waals surface area contributed by atoms with Crippen LogP contribution in [0.1, 0.15) is 13.3 Å². The number of para-hydroxylation sites is 1. The van der Waals surface area contributed by atoms with Crippen molar-refractivity contribution in [2.24, 2.45) is 0 Å². The van der Waals surface area contributed by atoms with Crippen LogP contribution in [-0.2, 0) is 0 Å². The summed E-state index contributed by atoms with van der Waals surface area (Å²) < 4.78 is 18.9. The standard InChI is InChI=1S/C11H14FNO/c1-11(6-7-13-8-11)14-10-5-3-2-4-9(10)12/h2-5,13H,6-8H2,1H3. The van der Waals surface area contributed by atoms with E-state index in [9.17, 15) is 4.39 Å². The SMILES string of the molecule is CC1(Oc2ccccc2F)CCNC1. The van der Waals surface area contributed by atoms with E-state index in [1.54, 1.807) is 18.2 Å². The van der Waals surface area contributed by atoms with Crippen molar-refractivity contribution < 1.29 is 9.13 Å². The summed E-state index contributed by atoms with van der Waals surface area (Å²) in [6, 6.07) is 6.53. The van der Waals surface area contributed by atoms with Crippen molar-refractivity contribution in [3.8, 4) is 5.75 Å². The fraction of sp³-hybridized carbons (Fsp3) is 0.455. The molecule has 1 saturated heterocycles. The molecule has 0 saturated carbocycles. The van der Waals surface area contributed by atoms with Crippen LogP contribution >= 0.6 is 0 Å². The first-order valence-electron chi connectivity index (χ1n) is 4.84. The number of ether oxygens (including phenoxy) is 1. The zero-order chi connectivity index (χ0) is 10.0. The van der Waals surface area contributed by atoms with Gasteiger partial charge in [-0.15, -0.1) is 0 Å². The molecule has 2 nitrogen and oxygen atoms in total. The van der Waals surface area contributed by atoms with Gasteiger partial charge in [0.25, 0.3) is 0 Å². The van der Waals surface area contributed by atoms with Crippen molar-refractivity contribution in [2.45, 2.75) is 18.9 Å². The number of hydrogen-bond donors (Lipinski definition) is 1. The fourth-order valence-corrected chi connectivity index (χ4v) is 1.67. The van der Waals surface area contributed by atoms with Crippen LogP contribution in [0.25, 0.3) is 0 Å². The van der Waals surface area contributed by atoms with Crippen LogP contribution in [0.5, 0.6) is 5.75 Å². The highest BCUT2D eigenvalue weighted by molar-refractivity contribution is 5.24. The lowest BCUT2D eigenvalue weighted by Gasteiger charge is -2.24. The molecule has 2 rings (SSSR count). The number of halogens is 1. The predicted molar refractivity (Wildman–Crippen MR) is 52.9 cm³/mol. The fourth-order valence-electron chi connectivity index (χ4n) is 1.67. The molecule has 0 bridgehead atoms. The summed E-state index contributed by atoms with van der Waals surface area (Å²) in [6.45, 7) is 3.71. The van der Waals surface area contributed by atoms with E-state index in [1.165, 1.54) is 6.07 Å². The molecule has 1 aliphatic heterocycles. The van der Waals surface area contributed by atoms with Crippen molar-refractivity contribution >= 4 is 0 Å². The molecule has 0 aliphatic carbocycles. The molecule has 1 N–H and O–H groups in total. The van der Waals surface area contributed by atoms with Crippen molar-refractivity contribution in [3.63, 3.8) is 0 Å². The molecule has 1 heterocycles. The Morgan fingerprint density at radius 1 is 1.43 bits per heavy atom. The Morgan fingerprint density at radius 3 is 2.86 bits per heavy atom. The van der Waals surface area contributed by atoms with Crippen LogP contribution in [0.15, 0.2) is 24.3 Å². The van der Waals surface area contributed by atoms with Gasteiger partial charge in [0.15, 0.2) is 11.6 Å². The lowest BCUT2D eigenvalue weighted by Crippen LogP contribution is -2.34. The van der Waals surface area contributed by atoms with E-state index in [1.807, 2.05) is 6.92 Å². The minimum absolute atomic E-state index is 0.262. The first-order chi connectivity index (χ1) is 6.70. The summed E-state index contributed by atoms with van der Waals surface area (Å²) in [5.74, 6) is 0.0549. The third-order valence-corrected chi connectivity index (χ3v) is 2.52. The topological polar surface area (TPSA) is 21.3 Å². The van der Waals surface area contributed by atoms with E-state index in [-0.39, 0.29) is 11.4 Å². The molecule has 0 aromatic heterocycles. The lowest BCUT2D eigenvalue weighted by atomic mass is 10.1. The summed E-state index contributed by atoms with van der Waals surface area (Å²) in [6.07, 6.45) is 0.918. The normalized spacial score (nSPS) is 26.4. The Hall–Kier alpha value is -1.09. The molecular weight excluding hydrogens is 181 g/mol. The number of nitrogens with one attached hydrogen (secondary N) is 1. The van der Waals surface area contributed by atoms with Gasteiger partial charge in [0.05, 0.1) is 0 Å². The summed E-state index contributed by atoms with van der Waals surface area (Å²) >= 11 is 0. The van der Waals surface area contributed by atoms with Gasteiger partial charge in [-0.1, -0.05) is 12.1 Å². The van der Waals surface area contributed by atoms with E-state index in [0.29, 0.717) is 5.75 Å². The van der Waals surface area contributed by atoms with E-state index >= 15 is 0 Å². The molecule has 14 heavy (non-hydrogen) atoms. The van der Waals surface area contributed by atoms with E-state index in [2.05, 4.69) is 5.32 Å². The second-order valence-corrected chi connectivity index (χ2v) is 3.91. The predicted octanol–water partition coefficient (Wildman–Crippen LogP) is 1.96. The van der Waals surface area contributed by atoms with Gasteiger partial charge in [0, 0.05) is 13.0 Å². The smallest absolute Gasteiger partial charge is 0.165 e. The Kier molecular flexibility index (Phi) is 2.42. The molecule has 1 aromatic rings. The summed E-state index contributed by atoms with van der Waals surface area (Å²) in [7, 11) is 0. The molecule has 1 unspecified atom stereocenters. The zero-order valence-corrected chi connectivity index (χ0v) is 8.22. The van der Waals surface area contributed by atoms with Gasteiger partial charge in [0.2, 0.25) is 0 Å². The first-order valence-corrected chi connectivity index (χ1v) is 4.84. The molecule has 0 spiro atoms. The van der Waals surface area contributed by atoms with Gasteiger partial charge in [-0.05, 0) is 25.6 Å². The molecule has 3 heteroatoms. The van der Waals surface area contributed by atoms with Crippen LogP contribution in [0.4, 0.5) is 4.39 Å². The van der Waals surface area contributed by atoms with E-state index in [4.69, 9.17) is 4.74 Å². The highest BCUT2D eigenvalue weighted by Gasteiger charge is 2.31. The maximum absolute atomic E-state index is 13.3. The lowest BCUT2D eigenvalue weighted by molar-refractivity contribution is 0.105. The first kappa shape index (κ1) is 9.46. The molecule has 1 aliphatic rings. The summed E-state index contributed by atoms with van der Waals surface area (Å²) in [5.41, 5.74) is -0.262. The molecule has 1 aromatic carbocycles. The molecular formula is C11H14FNO. The summed E-state index contributed by atoms with van der Waals surface area (Å²) in [4.78, 5) is 0. The minimum Gasteiger partial charge on any atom is -0.483 e. The van der Waals surface area contributed by atoms with Crippen LogP contribution < -0.4 is 10.1 Å². The highest BCUT2D eigenvalue weighted by Crippen LogP contribution is 2.25. The van der Waals surface area contributed by atoms with E-state index < -0.39 is 0 Å². The van der Waals surface area contributed by atoms with Crippen LogP contribution in [0.2, 0.25) is 0 Å². The third-order valence-electron chi connectivity index (χ3n) is 2.52. The number of hydrogen-bond acceptors (Lipinski definition) is 2. The third kappa shape index (κ3) is 1.87. The quantitative estimate of drug-likeness (QED) is 0.778. The van der Waals surface area contributed by atoms with Gasteiger partial charge in [-0.25, -0.2) is 4.39 Å². The van der Waals surface area contributed by atoms with Gasteiger partial charge in [0.1, 0.15) is 5.60 Å².